The van der Waals surface area contributed by atoms with Crippen molar-refractivity contribution in [3.05, 3.63) is 58.6 Å². The second kappa shape index (κ2) is 5.87. The number of nitrogens with one attached hydrogen (secondary N) is 1. The first kappa shape index (κ1) is 15.8. The molecule has 6 heteroatoms. The maximum absolute atomic E-state index is 5.16. The summed E-state index contributed by atoms with van der Waals surface area (Å²) in [6, 6.07) is 12.6. The minimum absolute atomic E-state index is 0.632. The van der Waals surface area contributed by atoms with Crippen molar-refractivity contribution in [2.24, 2.45) is 4.99 Å². The first-order valence-electron chi connectivity index (χ1n) is 9.17. The molecule has 0 amide bonds. The molecular formula is C22H16N4OS. The van der Waals surface area contributed by atoms with Crippen LogP contribution in [0.2, 0.25) is 0 Å². The molecule has 1 N–H and O–H groups in total. The Hall–Kier alpha value is -3.25. The minimum Gasteiger partial charge on any atom is -0.481 e. The van der Waals surface area contributed by atoms with E-state index in [4.69, 9.17) is 4.74 Å². The summed E-state index contributed by atoms with van der Waals surface area (Å²) in [6.45, 7) is 0. The van der Waals surface area contributed by atoms with Gasteiger partial charge >= 0.3 is 0 Å². The van der Waals surface area contributed by atoms with E-state index >= 15 is 0 Å². The van der Waals surface area contributed by atoms with Crippen LogP contribution < -0.4 is 4.74 Å². The molecule has 0 bridgehead atoms. The highest BCUT2D eigenvalue weighted by Gasteiger charge is 2.28. The third-order valence-corrected chi connectivity index (χ3v) is 6.59. The van der Waals surface area contributed by atoms with Crippen LogP contribution in [-0.2, 0) is 12.8 Å². The van der Waals surface area contributed by atoms with Crippen LogP contribution in [0.25, 0.3) is 33.0 Å². The van der Waals surface area contributed by atoms with Gasteiger partial charge in [-0.1, -0.05) is 6.07 Å². The zero-order valence-electron chi connectivity index (χ0n) is 15.2. The van der Waals surface area contributed by atoms with E-state index < -0.39 is 0 Å². The van der Waals surface area contributed by atoms with Crippen LogP contribution in [0.5, 0.6) is 5.88 Å². The second-order valence-corrected chi connectivity index (χ2v) is 8.14. The fourth-order valence-electron chi connectivity index (χ4n) is 3.98. The molecule has 0 saturated heterocycles. The number of methoxy groups -OCH3 is 1. The van der Waals surface area contributed by atoms with E-state index in [0.717, 1.165) is 41.0 Å². The highest BCUT2D eigenvalue weighted by molar-refractivity contribution is 7.16. The fourth-order valence-corrected chi connectivity index (χ4v) is 5.15. The number of aliphatic imine (C=N–C) groups is 1. The molecular weight excluding hydrogens is 368 g/mol. The molecule has 0 unspecified atom stereocenters. The number of ether oxygens (including phenoxy) is 1. The van der Waals surface area contributed by atoms with Crippen molar-refractivity contribution in [2.45, 2.75) is 12.8 Å². The van der Waals surface area contributed by atoms with Gasteiger partial charge in [-0.3, -0.25) is 10.1 Å². The van der Waals surface area contributed by atoms with Gasteiger partial charge in [0.1, 0.15) is 0 Å². The largest absolute Gasteiger partial charge is 0.481 e. The number of thiophene rings is 1. The summed E-state index contributed by atoms with van der Waals surface area (Å²) in [7, 11) is 1.63. The molecule has 0 spiro atoms. The number of fused-ring (bicyclic) bond motifs is 4. The van der Waals surface area contributed by atoms with Gasteiger partial charge in [0.15, 0.2) is 0 Å². The number of hydrogen-bond donors (Lipinski definition) is 1. The van der Waals surface area contributed by atoms with Crippen molar-refractivity contribution in [1.29, 1.82) is 0 Å². The van der Waals surface area contributed by atoms with Crippen LogP contribution in [0, 0.1) is 0 Å². The molecule has 0 radical (unpaired) electrons. The second-order valence-electron chi connectivity index (χ2n) is 7.00. The van der Waals surface area contributed by atoms with Gasteiger partial charge in [-0.05, 0) is 29.8 Å². The number of nitrogens with zero attached hydrogens (tertiary/aromatic N) is 3. The van der Waals surface area contributed by atoms with E-state index in [0.29, 0.717) is 5.88 Å². The summed E-state index contributed by atoms with van der Waals surface area (Å²) in [5.41, 5.74) is 9.38. The molecule has 136 valence electrons. The number of pyridine rings is 1. The molecule has 1 aromatic carbocycles. The number of rotatable bonds is 3. The number of benzene rings is 1. The first-order valence-corrected chi connectivity index (χ1v) is 9.98. The monoisotopic (exact) mass is 384 g/mol. The number of aromatic amines is 1. The maximum Gasteiger partial charge on any atom is 0.212 e. The van der Waals surface area contributed by atoms with Crippen molar-refractivity contribution in [1.82, 2.24) is 15.2 Å². The van der Waals surface area contributed by atoms with Crippen LogP contribution >= 0.6 is 11.3 Å². The van der Waals surface area contributed by atoms with Gasteiger partial charge in [0.05, 0.1) is 24.2 Å². The molecule has 4 aromatic rings. The van der Waals surface area contributed by atoms with Gasteiger partial charge in [-0.2, -0.15) is 5.10 Å². The van der Waals surface area contributed by atoms with E-state index in [2.05, 4.69) is 50.5 Å². The van der Waals surface area contributed by atoms with Gasteiger partial charge < -0.3 is 4.74 Å². The third kappa shape index (κ3) is 2.28. The third-order valence-electron chi connectivity index (χ3n) is 5.41. The molecule has 2 aliphatic rings. The van der Waals surface area contributed by atoms with E-state index in [1.54, 1.807) is 7.11 Å². The number of aromatic nitrogens is 3. The van der Waals surface area contributed by atoms with Gasteiger partial charge in [0.2, 0.25) is 5.88 Å². The van der Waals surface area contributed by atoms with Gasteiger partial charge in [-0.15, -0.1) is 11.3 Å². The molecule has 1 aliphatic carbocycles. The van der Waals surface area contributed by atoms with Crippen LogP contribution in [0.4, 0.5) is 5.69 Å². The van der Waals surface area contributed by atoms with Gasteiger partial charge in [0.25, 0.3) is 0 Å². The van der Waals surface area contributed by atoms with Crippen molar-refractivity contribution in [3.8, 4) is 38.8 Å². The normalized spacial score (nSPS) is 13.5. The van der Waals surface area contributed by atoms with Gasteiger partial charge in [0, 0.05) is 63.3 Å². The van der Waals surface area contributed by atoms with Crippen molar-refractivity contribution < 1.29 is 4.74 Å². The van der Waals surface area contributed by atoms with Crippen LogP contribution in [0.3, 0.4) is 0 Å². The lowest BCUT2D eigenvalue weighted by atomic mass is 10.0. The maximum atomic E-state index is 5.16. The molecule has 0 saturated carbocycles. The summed E-state index contributed by atoms with van der Waals surface area (Å²) in [5.74, 6) is 0.632. The lowest BCUT2D eigenvalue weighted by Gasteiger charge is -2.03. The molecule has 0 atom stereocenters. The lowest BCUT2D eigenvalue weighted by Crippen LogP contribution is -1.87. The highest BCUT2D eigenvalue weighted by atomic mass is 32.1. The molecule has 0 fully saturated rings. The Morgan fingerprint density at radius 1 is 1.11 bits per heavy atom. The zero-order chi connectivity index (χ0) is 18.7. The molecule has 6 rings (SSSR count). The summed E-state index contributed by atoms with van der Waals surface area (Å²) >= 11 is 1.83. The Bertz CT molecular complexity index is 1250. The molecule has 3 aromatic heterocycles. The quantitative estimate of drug-likeness (QED) is 0.474. The van der Waals surface area contributed by atoms with E-state index in [1.807, 2.05) is 29.8 Å². The standard InChI is InChI=1S/C22H16N4OS/c1-27-20-5-3-14(11-24-20)18-9-15-19(28-18)10-16-21(25-26-22(15)16)13-2-4-17-12(8-13)6-7-23-17/h2-5,7-9,11H,6,10H2,1H3,(H,25,26). The summed E-state index contributed by atoms with van der Waals surface area (Å²) in [6.07, 6.45) is 5.66. The average molecular weight is 384 g/mol. The fraction of sp³-hybridized carbons (Fsp3) is 0.136. The highest BCUT2D eigenvalue weighted by Crippen LogP contribution is 2.46. The summed E-state index contributed by atoms with van der Waals surface area (Å²) in [5, 5.41) is 7.93. The predicted molar refractivity (Wildman–Crippen MR) is 112 cm³/mol. The Balaban J connectivity index is 1.37. The molecule has 5 nitrogen and oxygen atoms in total. The summed E-state index contributed by atoms with van der Waals surface area (Å²) in [4.78, 5) is 11.3. The number of hydrogen-bond acceptors (Lipinski definition) is 5. The predicted octanol–water partition coefficient (Wildman–Crippen LogP) is 5.04. The Morgan fingerprint density at radius 2 is 2.04 bits per heavy atom. The Morgan fingerprint density at radius 3 is 2.89 bits per heavy atom. The zero-order valence-corrected chi connectivity index (χ0v) is 16.0. The molecule has 1 aliphatic heterocycles. The van der Waals surface area contributed by atoms with Gasteiger partial charge in [-0.25, -0.2) is 4.98 Å². The SMILES string of the molecule is COc1ccc(-c2cc3c(s2)Cc2c(-c4ccc5c(c4)CC=N5)n[nH]c2-3)cn1. The van der Waals surface area contributed by atoms with Crippen LogP contribution in [0.1, 0.15) is 16.0 Å². The van der Waals surface area contributed by atoms with E-state index in [9.17, 15) is 0 Å². The van der Waals surface area contributed by atoms with E-state index in [-0.39, 0.29) is 0 Å². The van der Waals surface area contributed by atoms with E-state index in [1.165, 1.54) is 26.4 Å². The van der Waals surface area contributed by atoms with Crippen molar-refractivity contribution >= 4 is 23.2 Å². The van der Waals surface area contributed by atoms with Crippen molar-refractivity contribution in [3.63, 3.8) is 0 Å². The molecule has 28 heavy (non-hydrogen) atoms. The minimum atomic E-state index is 0.632. The van der Waals surface area contributed by atoms with Crippen LogP contribution in [0.15, 0.2) is 47.6 Å². The average Bonchev–Trinajstić information content (AvgIpc) is 3.48. The van der Waals surface area contributed by atoms with Crippen LogP contribution in [-0.4, -0.2) is 28.5 Å². The number of H-pyrrole nitrogens is 1. The Labute approximate surface area is 165 Å². The molecule has 4 heterocycles. The topological polar surface area (TPSA) is 63.2 Å². The smallest absolute Gasteiger partial charge is 0.212 e. The summed E-state index contributed by atoms with van der Waals surface area (Å²) < 4.78 is 5.16. The first-order chi connectivity index (χ1) is 13.8. The van der Waals surface area contributed by atoms with Crippen molar-refractivity contribution in [2.75, 3.05) is 7.11 Å². The lowest BCUT2D eigenvalue weighted by molar-refractivity contribution is 0.398. The Kier molecular flexibility index (Phi) is 3.31.